The molecule has 2 aliphatic rings. The molecule has 1 saturated carbocycles. The number of anilines is 1. The van der Waals surface area contributed by atoms with Gasteiger partial charge in [0.1, 0.15) is 5.82 Å². The number of amides is 1. The van der Waals surface area contributed by atoms with Crippen LogP contribution in [0, 0.1) is 5.92 Å². The number of nitrogens with two attached hydrogens (primary N) is 1. The van der Waals surface area contributed by atoms with Gasteiger partial charge < -0.3 is 10.6 Å². The van der Waals surface area contributed by atoms with E-state index in [-0.39, 0.29) is 11.8 Å². The van der Waals surface area contributed by atoms with E-state index in [0.717, 1.165) is 55.4 Å². The van der Waals surface area contributed by atoms with Gasteiger partial charge in [-0.1, -0.05) is 43.2 Å². The standard InChI is InChI=1S/C24H27N5O/c25-21-19-12-13-20(26-23(19)28-22(27-21)16-7-2-1-3-8-16)18-11-6-14-29(15-18)24(30)17-9-4-5-10-17/h1-3,7-8,12-13,17-18H,4-6,9-11,14-15H2,(H2,25,26,27,28)/t18-/m0/s1. The predicted octanol–water partition coefficient (Wildman–Crippen LogP) is 4.17. The maximum Gasteiger partial charge on any atom is 0.225 e. The number of carbonyl (C=O) groups excluding carboxylic acids is 1. The molecule has 1 aromatic carbocycles. The van der Waals surface area contributed by atoms with Gasteiger partial charge in [0.25, 0.3) is 0 Å². The van der Waals surface area contributed by atoms with Crippen molar-refractivity contribution in [1.29, 1.82) is 0 Å². The lowest BCUT2D eigenvalue weighted by molar-refractivity contribution is -0.136. The largest absolute Gasteiger partial charge is 0.383 e. The Labute approximate surface area is 176 Å². The SMILES string of the molecule is Nc1nc(-c2ccccc2)nc2nc([C@H]3CCCN(C(=O)C4CCCC4)C3)ccc12. The van der Waals surface area contributed by atoms with Gasteiger partial charge in [-0.25, -0.2) is 15.0 Å². The molecule has 0 radical (unpaired) electrons. The van der Waals surface area contributed by atoms with E-state index in [1.165, 1.54) is 12.8 Å². The highest BCUT2D eigenvalue weighted by atomic mass is 16.2. The quantitative estimate of drug-likeness (QED) is 0.712. The zero-order valence-electron chi connectivity index (χ0n) is 17.1. The molecule has 1 aliphatic heterocycles. The van der Waals surface area contributed by atoms with Crippen molar-refractivity contribution in [3.8, 4) is 11.4 Å². The number of pyridine rings is 1. The van der Waals surface area contributed by atoms with Gasteiger partial charge in [-0.15, -0.1) is 0 Å². The third kappa shape index (κ3) is 3.62. The number of carbonyl (C=O) groups is 1. The Balaban J connectivity index is 1.43. The Kier molecular flexibility index (Phi) is 5.07. The van der Waals surface area contributed by atoms with Crippen molar-refractivity contribution in [2.45, 2.75) is 44.4 Å². The van der Waals surface area contributed by atoms with E-state index in [0.29, 0.717) is 23.2 Å². The molecule has 3 heterocycles. The summed E-state index contributed by atoms with van der Waals surface area (Å²) in [4.78, 5) is 29.0. The normalized spacial score (nSPS) is 20.0. The highest BCUT2D eigenvalue weighted by Crippen LogP contribution is 2.32. The fourth-order valence-electron chi connectivity index (χ4n) is 4.84. The molecule has 6 nitrogen and oxygen atoms in total. The van der Waals surface area contributed by atoms with Crippen LogP contribution in [0.2, 0.25) is 0 Å². The van der Waals surface area contributed by atoms with E-state index >= 15 is 0 Å². The number of nitrogen functional groups attached to an aromatic ring is 1. The lowest BCUT2D eigenvalue weighted by atomic mass is 9.92. The van der Waals surface area contributed by atoms with Gasteiger partial charge in [0, 0.05) is 36.2 Å². The van der Waals surface area contributed by atoms with Crippen molar-refractivity contribution in [3.63, 3.8) is 0 Å². The zero-order valence-corrected chi connectivity index (χ0v) is 17.1. The number of nitrogens with zero attached hydrogens (tertiary/aromatic N) is 4. The van der Waals surface area contributed by atoms with E-state index in [4.69, 9.17) is 15.7 Å². The molecular weight excluding hydrogens is 374 g/mol. The second-order valence-corrected chi connectivity index (χ2v) is 8.51. The van der Waals surface area contributed by atoms with Gasteiger partial charge in [0.2, 0.25) is 5.91 Å². The number of hydrogen-bond donors (Lipinski definition) is 1. The molecule has 2 fully saturated rings. The number of likely N-dealkylation sites (tertiary alicyclic amines) is 1. The van der Waals surface area contributed by atoms with Crippen LogP contribution in [0.4, 0.5) is 5.82 Å². The highest BCUT2D eigenvalue weighted by molar-refractivity contribution is 5.87. The minimum atomic E-state index is 0.231. The van der Waals surface area contributed by atoms with Crippen molar-refractivity contribution >= 4 is 22.8 Å². The van der Waals surface area contributed by atoms with Crippen LogP contribution < -0.4 is 5.73 Å². The number of benzene rings is 1. The average Bonchev–Trinajstić information content (AvgIpc) is 3.34. The molecule has 0 spiro atoms. The fourth-order valence-corrected chi connectivity index (χ4v) is 4.84. The van der Waals surface area contributed by atoms with Gasteiger partial charge in [-0.05, 0) is 37.8 Å². The maximum absolute atomic E-state index is 12.9. The first-order valence-corrected chi connectivity index (χ1v) is 11.0. The first-order valence-electron chi connectivity index (χ1n) is 11.0. The summed E-state index contributed by atoms with van der Waals surface area (Å²) in [5.41, 5.74) is 8.74. The molecule has 0 bridgehead atoms. The first-order chi connectivity index (χ1) is 14.7. The van der Waals surface area contributed by atoms with E-state index < -0.39 is 0 Å². The summed E-state index contributed by atoms with van der Waals surface area (Å²) in [5.74, 6) is 1.85. The molecule has 2 aromatic heterocycles. The Morgan fingerprint density at radius 3 is 2.53 bits per heavy atom. The third-order valence-corrected chi connectivity index (χ3v) is 6.50. The van der Waals surface area contributed by atoms with Crippen LogP contribution in [0.5, 0.6) is 0 Å². The lowest BCUT2D eigenvalue weighted by Crippen LogP contribution is -2.42. The van der Waals surface area contributed by atoms with E-state index in [1.54, 1.807) is 0 Å². The van der Waals surface area contributed by atoms with Gasteiger partial charge in [0.15, 0.2) is 11.5 Å². The molecule has 30 heavy (non-hydrogen) atoms. The Bertz CT molecular complexity index is 1060. The van der Waals surface area contributed by atoms with Crippen molar-refractivity contribution in [1.82, 2.24) is 19.9 Å². The molecule has 154 valence electrons. The van der Waals surface area contributed by atoms with E-state index in [2.05, 4.69) is 9.88 Å². The second-order valence-electron chi connectivity index (χ2n) is 8.51. The molecule has 1 atom stereocenters. The number of fused-ring (bicyclic) bond motifs is 1. The molecule has 6 heteroatoms. The third-order valence-electron chi connectivity index (χ3n) is 6.50. The molecule has 2 N–H and O–H groups in total. The van der Waals surface area contributed by atoms with Crippen LogP contribution in [0.15, 0.2) is 42.5 Å². The zero-order chi connectivity index (χ0) is 20.5. The monoisotopic (exact) mass is 401 g/mol. The summed E-state index contributed by atoms with van der Waals surface area (Å²) in [7, 11) is 0. The minimum absolute atomic E-state index is 0.231. The van der Waals surface area contributed by atoms with Gasteiger partial charge in [-0.2, -0.15) is 0 Å². The van der Waals surface area contributed by atoms with Crippen LogP contribution in [-0.2, 0) is 4.79 Å². The Morgan fingerprint density at radius 1 is 0.933 bits per heavy atom. The summed E-state index contributed by atoms with van der Waals surface area (Å²) < 4.78 is 0. The van der Waals surface area contributed by atoms with Crippen LogP contribution >= 0.6 is 0 Å². The van der Waals surface area contributed by atoms with Crippen LogP contribution in [-0.4, -0.2) is 38.8 Å². The van der Waals surface area contributed by atoms with Gasteiger partial charge in [-0.3, -0.25) is 4.79 Å². The number of piperidine rings is 1. The van der Waals surface area contributed by atoms with E-state index in [1.807, 2.05) is 42.5 Å². The van der Waals surface area contributed by atoms with Crippen LogP contribution in [0.25, 0.3) is 22.4 Å². The Hall–Kier alpha value is -3.02. The smallest absolute Gasteiger partial charge is 0.225 e. The van der Waals surface area contributed by atoms with Crippen molar-refractivity contribution < 1.29 is 4.79 Å². The highest BCUT2D eigenvalue weighted by Gasteiger charge is 2.31. The molecule has 1 amide bonds. The summed E-state index contributed by atoms with van der Waals surface area (Å²) >= 11 is 0. The van der Waals surface area contributed by atoms with Crippen molar-refractivity contribution in [2.24, 2.45) is 5.92 Å². The van der Waals surface area contributed by atoms with Gasteiger partial charge in [0.05, 0.1) is 5.39 Å². The first kappa shape index (κ1) is 19.0. The van der Waals surface area contributed by atoms with Crippen LogP contribution in [0.1, 0.15) is 50.1 Å². The molecule has 1 aliphatic carbocycles. The lowest BCUT2D eigenvalue weighted by Gasteiger charge is -2.34. The number of hydrogen-bond acceptors (Lipinski definition) is 5. The predicted molar refractivity (Wildman–Crippen MR) is 118 cm³/mol. The van der Waals surface area contributed by atoms with Crippen LogP contribution in [0.3, 0.4) is 0 Å². The molecule has 0 unspecified atom stereocenters. The summed E-state index contributed by atoms with van der Waals surface area (Å²) in [6.07, 6.45) is 6.53. The minimum Gasteiger partial charge on any atom is -0.383 e. The maximum atomic E-state index is 12.9. The number of aromatic nitrogens is 3. The topological polar surface area (TPSA) is 85.0 Å². The Morgan fingerprint density at radius 2 is 1.73 bits per heavy atom. The second kappa shape index (κ2) is 8.01. The molecular formula is C24H27N5O. The molecule has 3 aromatic rings. The van der Waals surface area contributed by atoms with Crippen molar-refractivity contribution in [3.05, 3.63) is 48.2 Å². The van der Waals surface area contributed by atoms with Crippen molar-refractivity contribution in [2.75, 3.05) is 18.8 Å². The van der Waals surface area contributed by atoms with Gasteiger partial charge >= 0.3 is 0 Å². The average molecular weight is 402 g/mol. The fraction of sp³-hybridized carbons (Fsp3) is 0.417. The summed E-state index contributed by atoms with van der Waals surface area (Å²) in [6, 6.07) is 13.8. The summed E-state index contributed by atoms with van der Waals surface area (Å²) in [5, 5.41) is 0.771. The summed E-state index contributed by atoms with van der Waals surface area (Å²) in [6.45, 7) is 1.62. The molecule has 1 saturated heterocycles. The number of rotatable bonds is 3. The molecule has 5 rings (SSSR count). The van der Waals surface area contributed by atoms with E-state index in [9.17, 15) is 4.79 Å².